The van der Waals surface area contributed by atoms with Crippen molar-refractivity contribution in [2.45, 2.75) is 39.7 Å². The van der Waals surface area contributed by atoms with E-state index in [4.69, 9.17) is 10.5 Å². The summed E-state index contributed by atoms with van der Waals surface area (Å²) in [6, 6.07) is 12.5. The van der Waals surface area contributed by atoms with Gasteiger partial charge in [0.05, 0.1) is 0 Å². The van der Waals surface area contributed by atoms with E-state index in [9.17, 15) is 0 Å². The number of hydrogen-bond donors (Lipinski definition) is 1. The van der Waals surface area contributed by atoms with E-state index in [1.54, 1.807) is 0 Å². The summed E-state index contributed by atoms with van der Waals surface area (Å²) >= 11 is 3.62. The van der Waals surface area contributed by atoms with Crippen LogP contribution in [0, 0.1) is 13.8 Å². The van der Waals surface area contributed by atoms with Gasteiger partial charge in [-0.1, -0.05) is 41.1 Å². The first-order valence-corrected chi connectivity index (χ1v) is 8.08. The van der Waals surface area contributed by atoms with Crippen LogP contribution >= 0.6 is 15.9 Å². The Balaban J connectivity index is 2.18. The van der Waals surface area contributed by atoms with Crippen molar-refractivity contribution in [3.8, 4) is 11.5 Å². The summed E-state index contributed by atoms with van der Waals surface area (Å²) in [6.07, 6.45) is 1.86. The zero-order valence-electron chi connectivity index (χ0n) is 12.8. The third-order valence-electron chi connectivity index (χ3n) is 3.60. The Hall–Kier alpha value is -1.32. The van der Waals surface area contributed by atoms with Gasteiger partial charge in [0.15, 0.2) is 0 Å². The SMILES string of the molecule is CCC(N)Cc1ccc(Oc2cc(C)ccc2C)cc1Br. The fourth-order valence-corrected chi connectivity index (χ4v) is 2.65. The van der Waals surface area contributed by atoms with Gasteiger partial charge < -0.3 is 10.5 Å². The second-order valence-corrected chi connectivity index (χ2v) is 6.35. The molecule has 0 spiro atoms. The molecule has 1 unspecified atom stereocenters. The average Bonchev–Trinajstić information content (AvgIpc) is 2.45. The number of ether oxygens (including phenoxy) is 1. The van der Waals surface area contributed by atoms with E-state index < -0.39 is 0 Å². The largest absolute Gasteiger partial charge is 0.457 e. The molecule has 0 saturated carbocycles. The predicted octanol–water partition coefficient (Wildman–Crippen LogP) is 5.14. The van der Waals surface area contributed by atoms with Gasteiger partial charge in [0, 0.05) is 10.5 Å². The summed E-state index contributed by atoms with van der Waals surface area (Å²) in [7, 11) is 0. The lowest BCUT2D eigenvalue weighted by Crippen LogP contribution is -2.21. The van der Waals surface area contributed by atoms with Gasteiger partial charge in [-0.25, -0.2) is 0 Å². The molecule has 2 aromatic rings. The van der Waals surface area contributed by atoms with Crippen LogP contribution in [0.2, 0.25) is 0 Å². The molecule has 2 rings (SSSR count). The van der Waals surface area contributed by atoms with Crippen LogP contribution in [0.3, 0.4) is 0 Å². The highest BCUT2D eigenvalue weighted by molar-refractivity contribution is 9.10. The van der Waals surface area contributed by atoms with Crippen LogP contribution in [0.4, 0.5) is 0 Å². The van der Waals surface area contributed by atoms with E-state index in [1.165, 1.54) is 11.1 Å². The van der Waals surface area contributed by atoms with Gasteiger partial charge >= 0.3 is 0 Å². The van der Waals surface area contributed by atoms with Crippen LogP contribution in [-0.4, -0.2) is 6.04 Å². The summed E-state index contributed by atoms with van der Waals surface area (Å²) in [6.45, 7) is 6.23. The molecular formula is C18H22BrNO. The third kappa shape index (κ3) is 4.32. The maximum Gasteiger partial charge on any atom is 0.130 e. The number of halogens is 1. The molecule has 0 fully saturated rings. The van der Waals surface area contributed by atoms with Crippen molar-refractivity contribution < 1.29 is 4.74 Å². The summed E-state index contributed by atoms with van der Waals surface area (Å²) in [5, 5.41) is 0. The number of rotatable bonds is 5. The predicted molar refractivity (Wildman–Crippen MR) is 92.1 cm³/mol. The van der Waals surface area contributed by atoms with E-state index in [-0.39, 0.29) is 6.04 Å². The number of nitrogens with two attached hydrogens (primary N) is 1. The molecular weight excluding hydrogens is 326 g/mol. The van der Waals surface area contributed by atoms with Crippen LogP contribution in [-0.2, 0) is 6.42 Å². The average molecular weight is 348 g/mol. The smallest absolute Gasteiger partial charge is 0.130 e. The Labute approximate surface area is 135 Å². The Kier molecular flexibility index (Phi) is 5.43. The van der Waals surface area contributed by atoms with Crippen molar-refractivity contribution in [1.82, 2.24) is 0 Å². The molecule has 0 saturated heterocycles. The van der Waals surface area contributed by atoms with Crippen molar-refractivity contribution in [2.24, 2.45) is 5.73 Å². The highest BCUT2D eigenvalue weighted by Crippen LogP contribution is 2.30. The second-order valence-electron chi connectivity index (χ2n) is 5.50. The number of benzene rings is 2. The van der Waals surface area contributed by atoms with E-state index in [1.807, 2.05) is 12.1 Å². The van der Waals surface area contributed by atoms with Gasteiger partial charge in [0.2, 0.25) is 0 Å². The van der Waals surface area contributed by atoms with Gasteiger partial charge in [-0.05, 0) is 61.6 Å². The lowest BCUT2D eigenvalue weighted by molar-refractivity contribution is 0.477. The minimum atomic E-state index is 0.201. The van der Waals surface area contributed by atoms with Crippen LogP contribution in [0.5, 0.6) is 11.5 Å². The lowest BCUT2D eigenvalue weighted by Gasteiger charge is -2.13. The third-order valence-corrected chi connectivity index (χ3v) is 4.34. The molecule has 2 nitrogen and oxygen atoms in total. The van der Waals surface area contributed by atoms with Crippen LogP contribution in [0.1, 0.15) is 30.0 Å². The Morgan fingerprint density at radius 1 is 1.14 bits per heavy atom. The van der Waals surface area contributed by atoms with E-state index >= 15 is 0 Å². The van der Waals surface area contributed by atoms with Crippen molar-refractivity contribution >= 4 is 15.9 Å². The first-order valence-electron chi connectivity index (χ1n) is 7.28. The number of hydrogen-bond acceptors (Lipinski definition) is 2. The normalized spacial score (nSPS) is 12.2. The quantitative estimate of drug-likeness (QED) is 0.812. The van der Waals surface area contributed by atoms with Crippen LogP contribution in [0.15, 0.2) is 40.9 Å². The summed E-state index contributed by atoms with van der Waals surface area (Å²) in [4.78, 5) is 0. The fraction of sp³-hybridized carbons (Fsp3) is 0.333. The van der Waals surface area contributed by atoms with E-state index in [0.717, 1.165) is 34.4 Å². The Morgan fingerprint density at radius 3 is 2.57 bits per heavy atom. The van der Waals surface area contributed by atoms with Gasteiger partial charge in [-0.15, -0.1) is 0 Å². The molecule has 0 bridgehead atoms. The first-order chi connectivity index (χ1) is 9.99. The van der Waals surface area contributed by atoms with Crippen LogP contribution in [0.25, 0.3) is 0 Å². The molecule has 1 atom stereocenters. The zero-order valence-corrected chi connectivity index (χ0v) is 14.4. The highest BCUT2D eigenvalue weighted by Gasteiger charge is 2.08. The fourth-order valence-electron chi connectivity index (χ4n) is 2.13. The van der Waals surface area contributed by atoms with E-state index in [2.05, 4.69) is 61.0 Å². The van der Waals surface area contributed by atoms with Crippen LogP contribution < -0.4 is 10.5 Å². The first kappa shape index (κ1) is 16.1. The molecule has 2 aromatic carbocycles. The molecule has 0 amide bonds. The molecule has 0 aromatic heterocycles. The molecule has 0 aliphatic heterocycles. The maximum absolute atomic E-state index is 6.02. The van der Waals surface area contributed by atoms with Gasteiger partial charge in [0.1, 0.15) is 11.5 Å². The maximum atomic E-state index is 6.02. The summed E-state index contributed by atoms with van der Waals surface area (Å²) in [5.41, 5.74) is 9.57. The molecule has 21 heavy (non-hydrogen) atoms. The molecule has 2 N–H and O–H groups in total. The Bertz CT molecular complexity index is 625. The zero-order chi connectivity index (χ0) is 15.4. The number of aryl methyl sites for hydroxylation is 2. The summed E-state index contributed by atoms with van der Waals surface area (Å²) in [5.74, 6) is 1.74. The van der Waals surface area contributed by atoms with Gasteiger partial charge in [-0.2, -0.15) is 0 Å². The minimum absolute atomic E-state index is 0.201. The van der Waals surface area contributed by atoms with Crippen molar-refractivity contribution in [1.29, 1.82) is 0 Å². The van der Waals surface area contributed by atoms with E-state index in [0.29, 0.717) is 0 Å². The second kappa shape index (κ2) is 7.10. The van der Waals surface area contributed by atoms with Gasteiger partial charge in [-0.3, -0.25) is 0 Å². The lowest BCUT2D eigenvalue weighted by atomic mass is 10.0. The topological polar surface area (TPSA) is 35.2 Å². The van der Waals surface area contributed by atoms with Crippen molar-refractivity contribution in [3.05, 3.63) is 57.6 Å². The van der Waals surface area contributed by atoms with Gasteiger partial charge in [0.25, 0.3) is 0 Å². The van der Waals surface area contributed by atoms with Crippen molar-refractivity contribution in [3.63, 3.8) is 0 Å². The highest BCUT2D eigenvalue weighted by atomic mass is 79.9. The molecule has 0 radical (unpaired) electrons. The Morgan fingerprint density at radius 2 is 1.90 bits per heavy atom. The van der Waals surface area contributed by atoms with Crippen molar-refractivity contribution in [2.75, 3.05) is 0 Å². The minimum Gasteiger partial charge on any atom is -0.457 e. The molecule has 3 heteroatoms. The standard InChI is InChI=1S/C18H22BrNO/c1-4-15(20)10-14-7-8-16(11-17(14)19)21-18-9-12(2)5-6-13(18)3/h5-9,11,15H,4,10,20H2,1-3H3. The molecule has 0 aliphatic carbocycles. The summed E-state index contributed by atoms with van der Waals surface area (Å²) < 4.78 is 7.05. The molecule has 0 heterocycles. The molecule has 0 aliphatic rings. The molecule has 112 valence electrons. The monoisotopic (exact) mass is 347 g/mol.